The van der Waals surface area contributed by atoms with Crippen molar-refractivity contribution in [3.63, 3.8) is 0 Å². The van der Waals surface area contributed by atoms with Crippen molar-refractivity contribution in [2.24, 2.45) is 4.99 Å². The van der Waals surface area contributed by atoms with Crippen molar-refractivity contribution in [2.45, 2.75) is 38.8 Å². The average Bonchev–Trinajstić information content (AvgIpc) is 3.56. The monoisotopic (exact) mass is 426 g/mol. The van der Waals surface area contributed by atoms with Crippen molar-refractivity contribution in [2.75, 3.05) is 26.7 Å². The fourth-order valence-corrected chi connectivity index (χ4v) is 3.14. The lowest BCUT2D eigenvalue weighted by Crippen LogP contribution is -2.38. The van der Waals surface area contributed by atoms with Gasteiger partial charge in [-0.2, -0.15) is 0 Å². The molecule has 7 heteroatoms. The Morgan fingerprint density at radius 2 is 1.97 bits per heavy atom. The van der Waals surface area contributed by atoms with E-state index >= 15 is 0 Å². The zero-order chi connectivity index (χ0) is 22.1. The molecule has 1 aliphatic carbocycles. The molecule has 1 amide bonds. The molecular formula is C24H31FN4O2. The predicted molar refractivity (Wildman–Crippen MR) is 121 cm³/mol. The number of amides is 1. The van der Waals surface area contributed by atoms with Crippen LogP contribution in [0, 0.1) is 5.82 Å². The molecule has 0 atom stereocenters. The summed E-state index contributed by atoms with van der Waals surface area (Å²) in [5.74, 6) is 1.16. The molecule has 6 nitrogen and oxygen atoms in total. The third-order valence-corrected chi connectivity index (χ3v) is 4.90. The van der Waals surface area contributed by atoms with E-state index in [1.807, 2.05) is 49.2 Å². The van der Waals surface area contributed by atoms with Gasteiger partial charge in [0.2, 0.25) is 0 Å². The third kappa shape index (κ3) is 7.92. The summed E-state index contributed by atoms with van der Waals surface area (Å²) in [5.41, 5.74) is 2.04. The van der Waals surface area contributed by atoms with Gasteiger partial charge in [0.05, 0.1) is 0 Å². The topological polar surface area (TPSA) is 66.0 Å². The summed E-state index contributed by atoms with van der Waals surface area (Å²) >= 11 is 0. The van der Waals surface area contributed by atoms with E-state index < -0.39 is 0 Å². The molecule has 0 aromatic heterocycles. The lowest BCUT2D eigenvalue weighted by Gasteiger charge is -2.22. The van der Waals surface area contributed by atoms with Gasteiger partial charge in [-0.05, 0) is 61.6 Å². The minimum Gasteiger partial charge on any atom is -0.484 e. The number of carbonyl (C=O) groups excluding carboxylic acids is 1. The van der Waals surface area contributed by atoms with Crippen LogP contribution in [0.25, 0.3) is 0 Å². The molecule has 0 bridgehead atoms. The zero-order valence-electron chi connectivity index (χ0n) is 18.2. The number of benzene rings is 2. The standard InChI is InChI=1S/C24H31FN4O2/c1-3-26-24(29(2)16-19-5-4-6-20(25)15-19)27-14-13-18-7-11-22(12-8-18)31-17-23(30)28-21-9-10-21/h4-8,11-12,15,21H,3,9-10,13-14,16-17H2,1-2H3,(H,26,27)(H,28,30). The van der Waals surface area contributed by atoms with Gasteiger partial charge >= 0.3 is 0 Å². The molecule has 1 aliphatic rings. The van der Waals surface area contributed by atoms with Crippen LogP contribution in [-0.4, -0.2) is 49.6 Å². The van der Waals surface area contributed by atoms with E-state index in [0.29, 0.717) is 24.9 Å². The smallest absolute Gasteiger partial charge is 0.258 e. The first-order valence-corrected chi connectivity index (χ1v) is 10.8. The number of nitrogens with zero attached hydrogens (tertiary/aromatic N) is 2. The number of halogens is 1. The predicted octanol–water partition coefficient (Wildman–Crippen LogP) is 3.12. The lowest BCUT2D eigenvalue weighted by atomic mass is 10.1. The highest BCUT2D eigenvalue weighted by molar-refractivity contribution is 5.79. The van der Waals surface area contributed by atoms with Crippen molar-refractivity contribution < 1.29 is 13.9 Å². The molecule has 1 fully saturated rings. The Bertz CT molecular complexity index is 881. The first kappa shape index (κ1) is 22.6. The van der Waals surface area contributed by atoms with Gasteiger partial charge in [-0.25, -0.2) is 4.39 Å². The molecule has 0 unspecified atom stereocenters. The Morgan fingerprint density at radius 1 is 1.19 bits per heavy atom. The Hall–Kier alpha value is -3.09. The van der Waals surface area contributed by atoms with Crippen molar-refractivity contribution in [3.8, 4) is 5.75 Å². The van der Waals surface area contributed by atoms with Gasteiger partial charge < -0.3 is 20.3 Å². The van der Waals surface area contributed by atoms with E-state index in [0.717, 1.165) is 42.9 Å². The highest BCUT2D eigenvalue weighted by Gasteiger charge is 2.23. The maximum atomic E-state index is 13.4. The molecule has 0 saturated heterocycles. The number of ether oxygens (including phenoxy) is 1. The summed E-state index contributed by atoms with van der Waals surface area (Å²) in [4.78, 5) is 18.4. The molecular weight excluding hydrogens is 395 g/mol. The molecule has 2 N–H and O–H groups in total. The van der Waals surface area contributed by atoms with Crippen LogP contribution in [0.2, 0.25) is 0 Å². The molecule has 31 heavy (non-hydrogen) atoms. The molecule has 0 radical (unpaired) electrons. The fraction of sp³-hybridized carbons (Fsp3) is 0.417. The first-order chi connectivity index (χ1) is 15.0. The molecule has 2 aromatic carbocycles. The Labute approximate surface area is 183 Å². The Balaban J connectivity index is 1.47. The molecule has 166 valence electrons. The van der Waals surface area contributed by atoms with E-state index in [2.05, 4.69) is 10.6 Å². The number of hydrogen-bond donors (Lipinski definition) is 2. The van der Waals surface area contributed by atoms with Gasteiger partial charge in [0.1, 0.15) is 11.6 Å². The van der Waals surface area contributed by atoms with Gasteiger partial charge in [0.15, 0.2) is 12.6 Å². The van der Waals surface area contributed by atoms with Gasteiger partial charge in [0, 0.05) is 32.7 Å². The van der Waals surface area contributed by atoms with Crippen molar-refractivity contribution >= 4 is 11.9 Å². The quantitative estimate of drug-likeness (QED) is 0.453. The summed E-state index contributed by atoms with van der Waals surface area (Å²) in [5, 5.41) is 6.19. The van der Waals surface area contributed by atoms with Gasteiger partial charge in [-0.15, -0.1) is 0 Å². The minimum atomic E-state index is -0.233. The number of aliphatic imine (C=N–C) groups is 1. The summed E-state index contributed by atoms with van der Waals surface area (Å²) in [6.07, 6.45) is 2.92. The van der Waals surface area contributed by atoms with Crippen molar-refractivity contribution in [3.05, 3.63) is 65.5 Å². The summed E-state index contributed by atoms with van der Waals surface area (Å²) < 4.78 is 19.0. The van der Waals surface area contributed by atoms with E-state index in [-0.39, 0.29) is 18.3 Å². The van der Waals surface area contributed by atoms with Crippen LogP contribution in [0.1, 0.15) is 30.9 Å². The molecule has 0 heterocycles. The SMILES string of the molecule is CCNC(=NCCc1ccc(OCC(=O)NC2CC2)cc1)N(C)Cc1cccc(F)c1. The summed E-state index contributed by atoms with van der Waals surface area (Å²) in [7, 11) is 1.94. The maximum Gasteiger partial charge on any atom is 0.258 e. The maximum absolute atomic E-state index is 13.4. The largest absolute Gasteiger partial charge is 0.484 e. The normalized spacial score (nSPS) is 13.6. The fourth-order valence-electron chi connectivity index (χ4n) is 3.14. The zero-order valence-corrected chi connectivity index (χ0v) is 18.2. The molecule has 1 saturated carbocycles. The van der Waals surface area contributed by atoms with E-state index in [1.54, 1.807) is 12.1 Å². The van der Waals surface area contributed by atoms with Crippen LogP contribution < -0.4 is 15.4 Å². The van der Waals surface area contributed by atoms with Crippen LogP contribution >= 0.6 is 0 Å². The van der Waals surface area contributed by atoms with E-state index in [4.69, 9.17) is 9.73 Å². The highest BCUT2D eigenvalue weighted by atomic mass is 19.1. The van der Waals surface area contributed by atoms with Crippen molar-refractivity contribution in [1.82, 2.24) is 15.5 Å². The van der Waals surface area contributed by atoms with Crippen LogP contribution in [0.3, 0.4) is 0 Å². The first-order valence-electron chi connectivity index (χ1n) is 10.8. The number of guanidine groups is 1. The molecule has 0 spiro atoms. The second-order valence-corrected chi connectivity index (χ2v) is 7.75. The van der Waals surface area contributed by atoms with Crippen LogP contribution in [0.4, 0.5) is 4.39 Å². The summed E-state index contributed by atoms with van der Waals surface area (Å²) in [6.45, 7) is 4.02. The minimum absolute atomic E-state index is 0.0455. The Morgan fingerprint density at radius 3 is 2.65 bits per heavy atom. The molecule has 2 aromatic rings. The van der Waals surface area contributed by atoms with E-state index in [9.17, 15) is 9.18 Å². The number of nitrogens with one attached hydrogen (secondary N) is 2. The lowest BCUT2D eigenvalue weighted by molar-refractivity contribution is -0.123. The summed E-state index contributed by atoms with van der Waals surface area (Å²) in [6, 6.07) is 14.7. The van der Waals surface area contributed by atoms with Gasteiger partial charge in [-0.1, -0.05) is 24.3 Å². The van der Waals surface area contributed by atoms with Crippen LogP contribution in [-0.2, 0) is 17.8 Å². The molecule has 3 rings (SSSR count). The van der Waals surface area contributed by atoms with Crippen LogP contribution in [0.5, 0.6) is 5.75 Å². The Kier molecular flexibility index (Phi) is 8.27. The third-order valence-electron chi connectivity index (χ3n) is 4.90. The van der Waals surface area contributed by atoms with E-state index in [1.165, 1.54) is 6.07 Å². The average molecular weight is 427 g/mol. The van der Waals surface area contributed by atoms with Gasteiger partial charge in [-0.3, -0.25) is 9.79 Å². The molecule has 0 aliphatic heterocycles. The number of hydrogen-bond acceptors (Lipinski definition) is 3. The second kappa shape index (κ2) is 11.3. The number of carbonyl (C=O) groups is 1. The second-order valence-electron chi connectivity index (χ2n) is 7.75. The van der Waals surface area contributed by atoms with Gasteiger partial charge in [0.25, 0.3) is 5.91 Å². The van der Waals surface area contributed by atoms with Crippen molar-refractivity contribution in [1.29, 1.82) is 0 Å². The number of rotatable bonds is 10. The highest BCUT2D eigenvalue weighted by Crippen LogP contribution is 2.18. The van der Waals surface area contributed by atoms with Crippen LogP contribution in [0.15, 0.2) is 53.5 Å².